The van der Waals surface area contributed by atoms with Gasteiger partial charge in [-0.25, -0.2) is 9.79 Å². The first-order valence-electron chi connectivity index (χ1n) is 6.76. The van der Waals surface area contributed by atoms with Crippen LogP contribution in [0, 0.1) is 0 Å². The van der Waals surface area contributed by atoms with E-state index < -0.39 is 6.09 Å². The smallest absolute Gasteiger partial charge is 0.411 e. The number of carbonyl (C=O) groups is 1. The van der Waals surface area contributed by atoms with Crippen molar-refractivity contribution in [1.82, 2.24) is 10.6 Å². The molecule has 1 aromatic carbocycles. The summed E-state index contributed by atoms with van der Waals surface area (Å²) in [6.45, 7) is 7.68. The molecule has 0 bridgehead atoms. The lowest BCUT2D eigenvalue weighted by molar-refractivity contribution is 0.187. The van der Waals surface area contributed by atoms with Crippen molar-refractivity contribution in [3.05, 3.63) is 42.5 Å². The molecule has 21 heavy (non-hydrogen) atoms. The number of nitrogens with zero attached hydrogens (tertiary/aromatic N) is 1. The molecule has 114 valence electrons. The molecule has 3 N–H and O–H groups in total. The lowest BCUT2D eigenvalue weighted by Gasteiger charge is -2.09. The van der Waals surface area contributed by atoms with E-state index in [0.29, 0.717) is 18.8 Å². The standard InChI is InChI=1S/C15H22N4O2/c1-4-10-17-14(16-5-2)18-11-12-6-8-13(9-7-12)19-15(20)21-3/h4,6-9H,1,5,10-11H2,2-3H3,(H,19,20)(H2,16,17,18). The van der Waals surface area contributed by atoms with Gasteiger partial charge in [0.25, 0.3) is 0 Å². The average molecular weight is 290 g/mol. The van der Waals surface area contributed by atoms with Gasteiger partial charge in [-0.05, 0) is 24.6 Å². The quantitative estimate of drug-likeness (QED) is 0.426. The molecule has 0 saturated carbocycles. The van der Waals surface area contributed by atoms with E-state index in [2.05, 4.69) is 32.3 Å². The molecule has 0 unspecified atom stereocenters. The minimum atomic E-state index is -0.483. The van der Waals surface area contributed by atoms with Crippen LogP contribution >= 0.6 is 0 Å². The van der Waals surface area contributed by atoms with Gasteiger partial charge >= 0.3 is 6.09 Å². The van der Waals surface area contributed by atoms with Crippen LogP contribution in [0.1, 0.15) is 12.5 Å². The predicted octanol–water partition coefficient (Wildman–Crippen LogP) is 2.11. The maximum absolute atomic E-state index is 11.1. The Morgan fingerprint density at radius 3 is 2.62 bits per heavy atom. The number of ether oxygens (including phenoxy) is 1. The Labute approximate surface area is 125 Å². The summed E-state index contributed by atoms with van der Waals surface area (Å²) < 4.78 is 4.53. The van der Waals surface area contributed by atoms with Gasteiger partial charge in [-0.2, -0.15) is 0 Å². The second-order valence-electron chi connectivity index (χ2n) is 4.18. The van der Waals surface area contributed by atoms with E-state index in [1.807, 2.05) is 31.2 Å². The van der Waals surface area contributed by atoms with E-state index in [9.17, 15) is 4.79 Å². The molecule has 0 fully saturated rings. The normalized spacial score (nSPS) is 10.7. The average Bonchev–Trinajstić information content (AvgIpc) is 2.51. The van der Waals surface area contributed by atoms with Gasteiger partial charge in [0.15, 0.2) is 5.96 Å². The Balaban J connectivity index is 2.60. The zero-order valence-electron chi connectivity index (χ0n) is 12.5. The summed E-state index contributed by atoms with van der Waals surface area (Å²) in [5, 5.41) is 8.88. The Morgan fingerprint density at radius 1 is 1.33 bits per heavy atom. The highest BCUT2D eigenvalue weighted by Crippen LogP contribution is 2.10. The van der Waals surface area contributed by atoms with Crippen molar-refractivity contribution in [2.45, 2.75) is 13.5 Å². The highest BCUT2D eigenvalue weighted by Gasteiger charge is 2.00. The Morgan fingerprint density at radius 2 is 2.05 bits per heavy atom. The van der Waals surface area contributed by atoms with E-state index in [1.165, 1.54) is 7.11 Å². The summed E-state index contributed by atoms with van der Waals surface area (Å²) in [4.78, 5) is 15.5. The van der Waals surface area contributed by atoms with Gasteiger partial charge in [0.05, 0.1) is 13.7 Å². The maximum atomic E-state index is 11.1. The number of nitrogens with one attached hydrogen (secondary N) is 3. The molecule has 0 aromatic heterocycles. The van der Waals surface area contributed by atoms with Gasteiger partial charge in [0, 0.05) is 18.8 Å². The van der Waals surface area contributed by atoms with Crippen molar-refractivity contribution < 1.29 is 9.53 Å². The van der Waals surface area contributed by atoms with Crippen LogP contribution in [0.25, 0.3) is 0 Å². The fraction of sp³-hybridized carbons (Fsp3) is 0.333. The fourth-order valence-corrected chi connectivity index (χ4v) is 1.54. The van der Waals surface area contributed by atoms with Crippen molar-refractivity contribution in [2.75, 3.05) is 25.5 Å². The maximum Gasteiger partial charge on any atom is 0.411 e. The van der Waals surface area contributed by atoms with Crippen molar-refractivity contribution in [2.24, 2.45) is 4.99 Å². The molecule has 0 saturated heterocycles. The largest absolute Gasteiger partial charge is 0.453 e. The third-order valence-corrected chi connectivity index (χ3v) is 2.56. The summed E-state index contributed by atoms with van der Waals surface area (Å²) in [6.07, 6.45) is 1.30. The zero-order chi connectivity index (χ0) is 15.5. The minimum absolute atomic E-state index is 0.483. The van der Waals surface area contributed by atoms with Crippen molar-refractivity contribution in [3.63, 3.8) is 0 Å². The Bertz CT molecular complexity index is 483. The first-order chi connectivity index (χ1) is 10.2. The number of hydrogen-bond donors (Lipinski definition) is 3. The number of benzene rings is 1. The SMILES string of the molecule is C=CCNC(=NCc1ccc(NC(=O)OC)cc1)NCC. The topological polar surface area (TPSA) is 74.8 Å². The number of rotatable bonds is 6. The van der Waals surface area contributed by atoms with Crippen LogP contribution in [0.5, 0.6) is 0 Å². The first-order valence-corrected chi connectivity index (χ1v) is 6.76. The molecular weight excluding hydrogens is 268 g/mol. The van der Waals surface area contributed by atoms with Crippen LogP contribution in [-0.2, 0) is 11.3 Å². The predicted molar refractivity (Wildman–Crippen MR) is 85.5 cm³/mol. The van der Waals surface area contributed by atoms with Crippen LogP contribution in [0.15, 0.2) is 41.9 Å². The van der Waals surface area contributed by atoms with Crippen LogP contribution in [0.2, 0.25) is 0 Å². The number of amides is 1. The summed E-state index contributed by atoms with van der Waals surface area (Å²) >= 11 is 0. The van der Waals surface area contributed by atoms with E-state index in [-0.39, 0.29) is 0 Å². The molecule has 0 aliphatic rings. The van der Waals surface area contributed by atoms with Crippen molar-refractivity contribution in [1.29, 1.82) is 0 Å². The number of guanidine groups is 1. The van der Waals surface area contributed by atoms with Crippen LogP contribution < -0.4 is 16.0 Å². The van der Waals surface area contributed by atoms with Crippen molar-refractivity contribution >= 4 is 17.7 Å². The molecule has 1 amide bonds. The molecule has 0 aliphatic carbocycles. The van der Waals surface area contributed by atoms with E-state index >= 15 is 0 Å². The Kier molecular flexibility index (Phi) is 7.42. The lowest BCUT2D eigenvalue weighted by atomic mass is 10.2. The molecule has 6 nitrogen and oxygen atoms in total. The Hall–Kier alpha value is -2.50. The van der Waals surface area contributed by atoms with Crippen LogP contribution in [-0.4, -0.2) is 32.3 Å². The summed E-state index contributed by atoms with van der Waals surface area (Å²) in [6, 6.07) is 7.44. The molecule has 0 atom stereocenters. The molecule has 0 spiro atoms. The fourth-order valence-electron chi connectivity index (χ4n) is 1.54. The van der Waals surface area contributed by atoms with Gasteiger partial charge in [-0.3, -0.25) is 5.32 Å². The van der Waals surface area contributed by atoms with Gasteiger partial charge in [0.1, 0.15) is 0 Å². The molecule has 1 rings (SSSR count). The van der Waals surface area contributed by atoms with Gasteiger partial charge in [0.2, 0.25) is 0 Å². The monoisotopic (exact) mass is 290 g/mol. The number of methoxy groups -OCH3 is 1. The third-order valence-electron chi connectivity index (χ3n) is 2.56. The molecule has 0 radical (unpaired) electrons. The number of carbonyl (C=O) groups excluding carboxylic acids is 1. The summed E-state index contributed by atoms with van der Waals surface area (Å²) in [5.74, 6) is 0.745. The highest BCUT2D eigenvalue weighted by molar-refractivity contribution is 5.84. The van der Waals surface area contributed by atoms with Crippen molar-refractivity contribution in [3.8, 4) is 0 Å². The first kappa shape index (κ1) is 16.6. The van der Waals surface area contributed by atoms with Crippen LogP contribution in [0.4, 0.5) is 10.5 Å². The molecular formula is C15H22N4O2. The highest BCUT2D eigenvalue weighted by atomic mass is 16.5. The number of anilines is 1. The third kappa shape index (κ3) is 6.47. The summed E-state index contributed by atoms with van der Waals surface area (Å²) in [5.41, 5.74) is 1.73. The van der Waals surface area contributed by atoms with Crippen LogP contribution in [0.3, 0.4) is 0 Å². The minimum Gasteiger partial charge on any atom is -0.453 e. The number of hydrogen-bond acceptors (Lipinski definition) is 3. The molecule has 1 aromatic rings. The van der Waals surface area contributed by atoms with E-state index in [4.69, 9.17) is 0 Å². The summed E-state index contributed by atoms with van der Waals surface area (Å²) in [7, 11) is 1.33. The molecule has 0 heterocycles. The molecule has 0 aliphatic heterocycles. The van der Waals surface area contributed by atoms with Gasteiger partial charge in [-0.15, -0.1) is 6.58 Å². The van der Waals surface area contributed by atoms with Gasteiger partial charge < -0.3 is 15.4 Å². The van der Waals surface area contributed by atoms with E-state index in [0.717, 1.165) is 18.1 Å². The van der Waals surface area contributed by atoms with E-state index in [1.54, 1.807) is 6.08 Å². The second kappa shape index (κ2) is 9.41. The second-order valence-corrected chi connectivity index (χ2v) is 4.18. The number of aliphatic imine (C=N–C) groups is 1. The lowest BCUT2D eigenvalue weighted by Crippen LogP contribution is -2.37. The zero-order valence-corrected chi connectivity index (χ0v) is 12.5. The van der Waals surface area contributed by atoms with Gasteiger partial charge in [-0.1, -0.05) is 18.2 Å². The molecule has 6 heteroatoms.